The lowest BCUT2D eigenvalue weighted by Crippen LogP contribution is -2.26. The molecule has 1 aliphatic carbocycles. The van der Waals surface area contributed by atoms with E-state index in [4.69, 9.17) is 0 Å². The van der Waals surface area contributed by atoms with Gasteiger partial charge in [-0.15, -0.1) is 0 Å². The quantitative estimate of drug-likeness (QED) is 0.534. The molecule has 1 aromatic carbocycles. The fraction of sp³-hybridized carbons (Fsp3) is 0.304. The maximum absolute atomic E-state index is 13.5. The van der Waals surface area contributed by atoms with Crippen molar-refractivity contribution in [2.75, 3.05) is 5.32 Å². The van der Waals surface area contributed by atoms with E-state index >= 15 is 0 Å². The van der Waals surface area contributed by atoms with E-state index in [2.05, 4.69) is 27.2 Å². The van der Waals surface area contributed by atoms with Gasteiger partial charge in [0.25, 0.3) is 11.5 Å². The van der Waals surface area contributed by atoms with E-state index in [1.165, 1.54) is 4.40 Å². The van der Waals surface area contributed by atoms with E-state index in [0.29, 0.717) is 40.3 Å². The zero-order valence-electron chi connectivity index (χ0n) is 17.8. The summed E-state index contributed by atoms with van der Waals surface area (Å²) in [7, 11) is 0. The molecule has 2 aromatic heterocycles. The van der Waals surface area contributed by atoms with Gasteiger partial charge in [0.2, 0.25) is 11.7 Å². The predicted octanol–water partition coefficient (Wildman–Crippen LogP) is 2.89. The summed E-state index contributed by atoms with van der Waals surface area (Å²) in [6.07, 6.45) is 3.62. The third-order valence-electron chi connectivity index (χ3n) is 5.58. The first-order valence-electron chi connectivity index (χ1n) is 10.3. The van der Waals surface area contributed by atoms with Crippen molar-refractivity contribution in [2.45, 2.75) is 46.1 Å². The fourth-order valence-electron chi connectivity index (χ4n) is 3.60. The minimum atomic E-state index is -0.429. The largest absolute Gasteiger partial charge is 0.349 e. The van der Waals surface area contributed by atoms with Crippen LogP contribution in [-0.4, -0.2) is 32.2 Å². The molecule has 0 aliphatic heterocycles. The molecular formula is C23H25N5O3. The van der Waals surface area contributed by atoms with Crippen molar-refractivity contribution in [3.05, 3.63) is 63.9 Å². The standard InChI is InChI=1S/C23H25N5O3/c1-5-17-20(22(31)28-13(4)12(3)24-23(28)27-17)16-10-7-14(21(30)25-15-8-9-15)11-18(16)26-19(29)6-2/h6-7,10-11,15H,2,5,8-9H2,1,3-4H3,(H,24,27)(H,25,30)(H,26,29). The van der Waals surface area contributed by atoms with Gasteiger partial charge in [-0.2, -0.15) is 0 Å². The molecule has 2 heterocycles. The second kappa shape index (κ2) is 7.86. The number of amides is 2. The highest BCUT2D eigenvalue weighted by molar-refractivity contribution is 6.04. The predicted molar refractivity (Wildman–Crippen MR) is 119 cm³/mol. The third kappa shape index (κ3) is 3.76. The van der Waals surface area contributed by atoms with Gasteiger partial charge in [0.05, 0.1) is 11.3 Å². The first-order valence-corrected chi connectivity index (χ1v) is 10.3. The van der Waals surface area contributed by atoms with Crippen LogP contribution >= 0.6 is 0 Å². The zero-order chi connectivity index (χ0) is 22.3. The summed E-state index contributed by atoms with van der Waals surface area (Å²) in [6.45, 7) is 9.15. The molecule has 1 aliphatic rings. The molecule has 0 bridgehead atoms. The molecule has 1 fully saturated rings. The van der Waals surface area contributed by atoms with Crippen molar-refractivity contribution in [2.24, 2.45) is 0 Å². The van der Waals surface area contributed by atoms with Crippen LogP contribution in [-0.2, 0) is 11.2 Å². The highest BCUT2D eigenvalue weighted by Gasteiger charge is 2.25. The minimum Gasteiger partial charge on any atom is -0.349 e. The fourth-order valence-corrected chi connectivity index (χ4v) is 3.60. The molecule has 0 spiro atoms. The van der Waals surface area contributed by atoms with Crippen molar-refractivity contribution in [1.29, 1.82) is 0 Å². The average Bonchev–Trinajstić information content (AvgIpc) is 3.52. The lowest BCUT2D eigenvalue weighted by Gasteiger charge is -2.15. The number of carbonyl (C=O) groups is 2. The van der Waals surface area contributed by atoms with Crippen LogP contribution in [0.15, 0.2) is 35.6 Å². The number of rotatable bonds is 6. The first-order chi connectivity index (χ1) is 14.8. The number of aryl methyl sites for hydroxylation is 3. The second-order valence-electron chi connectivity index (χ2n) is 7.79. The molecule has 8 heteroatoms. The van der Waals surface area contributed by atoms with E-state index in [1.54, 1.807) is 18.2 Å². The number of carbonyl (C=O) groups excluding carboxylic acids is 2. The van der Waals surface area contributed by atoms with Gasteiger partial charge in [-0.05, 0) is 51.3 Å². The Kier molecular flexibility index (Phi) is 5.22. The molecule has 8 nitrogen and oxygen atoms in total. The third-order valence-corrected chi connectivity index (χ3v) is 5.58. The van der Waals surface area contributed by atoms with Gasteiger partial charge in [0, 0.05) is 34.2 Å². The molecule has 2 amide bonds. The smallest absolute Gasteiger partial charge is 0.267 e. The lowest BCUT2D eigenvalue weighted by molar-refractivity contribution is -0.111. The Bertz CT molecular complexity index is 1280. The SMILES string of the molecule is C=CC(=O)Nc1cc(C(=O)NC2CC2)ccc1-c1c(CC)nc2[nH]c(C)c(C)n2c1=O. The maximum Gasteiger partial charge on any atom is 0.267 e. The molecule has 0 saturated heterocycles. The van der Waals surface area contributed by atoms with E-state index < -0.39 is 5.91 Å². The number of aromatic amines is 1. The van der Waals surface area contributed by atoms with Crippen LogP contribution < -0.4 is 16.2 Å². The number of hydrogen-bond donors (Lipinski definition) is 3. The zero-order valence-corrected chi connectivity index (χ0v) is 17.8. The van der Waals surface area contributed by atoms with Gasteiger partial charge in [-0.25, -0.2) is 9.38 Å². The number of anilines is 1. The molecular weight excluding hydrogens is 394 g/mol. The Labute approximate surface area is 179 Å². The molecule has 160 valence electrons. The summed E-state index contributed by atoms with van der Waals surface area (Å²) in [4.78, 5) is 46.0. The van der Waals surface area contributed by atoms with E-state index in [9.17, 15) is 14.4 Å². The van der Waals surface area contributed by atoms with Gasteiger partial charge in [0.1, 0.15) is 0 Å². The molecule has 0 radical (unpaired) electrons. The number of H-pyrrole nitrogens is 1. The summed E-state index contributed by atoms with van der Waals surface area (Å²) in [5, 5.41) is 5.69. The van der Waals surface area contributed by atoms with Crippen molar-refractivity contribution in [1.82, 2.24) is 19.7 Å². The van der Waals surface area contributed by atoms with E-state index in [1.807, 2.05) is 20.8 Å². The average molecular weight is 419 g/mol. The summed E-state index contributed by atoms with van der Waals surface area (Å²) in [6, 6.07) is 5.16. The topological polar surface area (TPSA) is 108 Å². The molecule has 1 saturated carbocycles. The molecule has 3 aromatic rings. The highest BCUT2D eigenvalue weighted by Crippen LogP contribution is 2.30. The number of imidazole rings is 1. The van der Waals surface area contributed by atoms with Crippen LogP contribution in [0.1, 0.15) is 47.2 Å². The van der Waals surface area contributed by atoms with Crippen molar-refractivity contribution >= 4 is 23.3 Å². The number of aromatic nitrogens is 3. The Balaban J connectivity index is 1.92. The Hall–Kier alpha value is -3.68. The Morgan fingerprint density at radius 1 is 1.32 bits per heavy atom. The van der Waals surface area contributed by atoms with Crippen molar-refractivity contribution in [3.8, 4) is 11.1 Å². The van der Waals surface area contributed by atoms with Gasteiger partial charge in [-0.1, -0.05) is 19.6 Å². The highest BCUT2D eigenvalue weighted by atomic mass is 16.2. The Morgan fingerprint density at radius 3 is 2.71 bits per heavy atom. The Morgan fingerprint density at radius 2 is 2.06 bits per heavy atom. The summed E-state index contributed by atoms with van der Waals surface area (Å²) in [5.41, 5.74) is 3.70. The monoisotopic (exact) mass is 419 g/mol. The van der Waals surface area contributed by atoms with Crippen LogP contribution in [0.5, 0.6) is 0 Å². The molecule has 0 unspecified atom stereocenters. The summed E-state index contributed by atoms with van der Waals surface area (Å²) >= 11 is 0. The number of nitrogens with zero attached hydrogens (tertiary/aromatic N) is 2. The number of benzene rings is 1. The van der Waals surface area contributed by atoms with Crippen molar-refractivity contribution < 1.29 is 9.59 Å². The normalized spacial score (nSPS) is 13.3. The maximum atomic E-state index is 13.5. The van der Waals surface area contributed by atoms with Gasteiger partial charge < -0.3 is 15.6 Å². The van der Waals surface area contributed by atoms with Gasteiger partial charge >= 0.3 is 0 Å². The van der Waals surface area contributed by atoms with Crippen LogP contribution in [0.3, 0.4) is 0 Å². The molecule has 3 N–H and O–H groups in total. The van der Waals surface area contributed by atoms with Crippen LogP contribution in [0.2, 0.25) is 0 Å². The van der Waals surface area contributed by atoms with Gasteiger partial charge in [0.15, 0.2) is 0 Å². The molecule has 0 atom stereocenters. The second-order valence-corrected chi connectivity index (χ2v) is 7.79. The minimum absolute atomic E-state index is 0.207. The van der Waals surface area contributed by atoms with Crippen molar-refractivity contribution in [3.63, 3.8) is 0 Å². The van der Waals surface area contributed by atoms with Crippen LogP contribution in [0.4, 0.5) is 5.69 Å². The lowest BCUT2D eigenvalue weighted by atomic mass is 9.99. The van der Waals surface area contributed by atoms with Gasteiger partial charge in [-0.3, -0.25) is 14.4 Å². The van der Waals surface area contributed by atoms with Crippen LogP contribution in [0, 0.1) is 13.8 Å². The number of fused-ring (bicyclic) bond motifs is 1. The summed E-state index contributed by atoms with van der Waals surface area (Å²) in [5.74, 6) is -0.152. The van der Waals surface area contributed by atoms with E-state index in [0.717, 1.165) is 30.3 Å². The number of nitrogens with one attached hydrogen (secondary N) is 3. The molecule has 31 heavy (non-hydrogen) atoms. The molecule has 4 rings (SSSR count). The first kappa shape index (κ1) is 20.6. The number of hydrogen-bond acceptors (Lipinski definition) is 4. The van der Waals surface area contributed by atoms with Crippen LogP contribution in [0.25, 0.3) is 16.9 Å². The summed E-state index contributed by atoms with van der Waals surface area (Å²) < 4.78 is 1.54. The van der Waals surface area contributed by atoms with E-state index in [-0.39, 0.29) is 17.5 Å².